The van der Waals surface area contributed by atoms with Crippen molar-refractivity contribution < 1.29 is 32.2 Å². The lowest BCUT2D eigenvalue weighted by Gasteiger charge is -2.41. The van der Waals surface area contributed by atoms with Crippen molar-refractivity contribution in [1.82, 2.24) is 5.32 Å². The van der Waals surface area contributed by atoms with Gasteiger partial charge in [0.05, 0.1) is 16.9 Å². The van der Waals surface area contributed by atoms with E-state index in [4.69, 9.17) is 9.47 Å². The van der Waals surface area contributed by atoms with Crippen molar-refractivity contribution in [3.8, 4) is 5.75 Å². The van der Waals surface area contributed by atoms with Gasteiger partial charge in [-0.05, 0) is 58.7 Å². The Balaban J connectivity index is 1.90. The SMILES string of the molecule is CC[C@@H](C)N(c1cc2c(cc1C(F)(F)F)OC(C)(C)C(=O)N2CCNC(=O)OCc1ccccc1)C(C)C. The third-order valence-corrected chi connectivity index (χ3v) is 6.52. The Morgan fingerprint density at radius 2 is 1.82 bits per heavy atom. The Bertz CT molecular complexity index is 1140. The van der Waals surface area contributed by atoms with Crippen LogP contribution in [0.25, 0.3) is 0 Å². The number of ether oxygens (including phenoxy) is 2. The fourth-order valence-electron chi connectivity index (χ4n) is 4.53. The molecule has 0 radical (unpaired) electrons. The van der Waals surface area contributed by atoms with E-state index in [1.54, 1.807) is 4.90 Å². The van der Waals surface area contributed by atoms with Gasteiger partial charge in [-0.1, -0.05) is 37.3 Å². The molecular weight excluding hydrogens is 499 g/mol. The van der Waals surface area contributed by atoms with Gasteiger partial charge in [0.1, 0.15) is 12.4 Å². The number of amides is 2. The van der Waals surface area contributed by atoms with Gasteiger partial charge in [-0.3, -0.25) is 4.79 Å². The van der Waals surface area contributed by atoms with Crippen molar-refractivity contribution in [3.63, 3.8) is 0 Å². The summed E-state index contributed by atoms with van der Waals surface area (Å²) in [5.41, 5.74) is -1.18. The molecule has 38 heavy (non-hydrogen) atoms. The maximum atomic E-state index is 14.2. The molecule has 7 nitrogen and oxygen atoms in total. The summed E-state index contributed by atoms with van der Waals surface area (Å²) in [6.45, 7) is 10.6. The lowest BCUT2D eigenvalue weighted by Crippen LogP contribution is -2.54. The van der Waals surface area contributed by atoms with Gasteiger partial charge in [0.25, 0.3) is 5.91 Å². The Morgan fingerprint density at radius 3 is 2.39 bits per heavy atom. The van der Waals surface area contributed by atoms with Gasteiger partial charge in [-0.25, -0.2) is 4.79 Å². The van der Waals surface area contributed by atoms with Crippen molar-refractivity contribution in [2.45, 2.75) is 78.4 Å². The third-order valence-electron chi connectivity index (χ3n) is 6.52. The normalized spacial score (nSPS) is 15.5. The second-order valence-corrected chi connectivity index (χ2v) is 10.2. The molecule has 1 aliphatic heterocycles. The van der Waals surface area contributed by atoms with Gasteiger partial charge in [0.15, 0.2) is 5.60 Å². The van der Waals surface area contributed by atoms with Gasteiger partial charge in [0.2, 0.25) is 0 Å². The minimum absolute atomic E-state index is 0.0167. The molecule has 0 fully saturated rings. The summed E-state index contributed by atoms with van der Waals surface area (Å²) in [7, 11) is 0. The van der Waals surface area contributed by atoms with Crippen LogP contribution < -0.4 is 19.9 Å². The third kappa shape index (κ3) is 6.52. The summed E-state index contributed by atoms with van der Waals surface area (Å²) in [4.78, 5) is 28.6. The molecule has 0 saturated carbocycles. The number of nitrogens with zero attached hydrogens (tertiary/aromatic N) is 2. The van der Waals surface area contributed by atoms with Crippen molar-refractivity contribution >= 4 is 23.4 Å². The Kier molecular flexibility index (Phi) is 8.84. The van der Waals surface area contributed by atoms with Crippen LogP contribution in [0.2, 0.25) is 0 Å². The van der Waals surface area contributed by atoms with Crippen LogP contribution in [0.3, 0.4) is 0 Å². The molecule has 0 bridgehead atoms. The van der Waals surface area contributed by atoms with Gasteiger partial charge < -0.3 is 24.6 Å². The van der Waals surface area contributed by atoms with E-state index in [0.29, 0.717) is 6.42 Å². The molecule has 1 aliphatic rings. The highest BCUT2D eigenvalue weighted by atomic mass is 19.4. The first kappa shape index (κ1) is 29.1. The smallest absolute Gasteiger partial charge is 0.418 e. The lowest BCUT2D eigenvalue weighted by molar-refractivity contribution is -0.137. The van der Waals surface area contributed by atoms with Crippen molar-refractivity contribution in [2.75, 3.05) is 22.9 Å². The summed E-state index contributed by atoms with van der Waals surface area (Å²) in [5.74, 6) is -0.458. The molecule has 10 heteroatoms. The van der Waals surface area contributed by atoms with Crippen molar-refractivity contribution in [2.24, 2.45) is 0 Å². The van der Waals surface area contributed by atoms with E-state index in [-0.39, 0.29) is 48.9 Å². The van der Waals surface area contributed by atoms with E-state index >= 15 is 0 Å². The van der Waals surface area contributed by atoms with Gasteiger partial charge in [-0.15, -0.1) is 0 Å². The molecule has 2 amide bonds. The first-order valence-electron chi connectivity index (χ1n) is 12.7. The average Bonchev–Trinajstić information content (AvgIpc) is 2.84. The van der Waals surface area contributed by atoms with Crippen LogP contribution in [0, 0.1) is 0 Å². The van der Waals surface area contributed by atoms with Crippen LogP contribution >= 0.6 is 0 Å². The number of hydrogen-bond donors (Lipinski definition) is 1. The predicted molar refractivity (Wildman–Crippen MR) is 141 cm³/mol. The van der Waals surface area contributed by atoms with Crippen LogP contribution in [0.15, 0.2) is 42.5 Å². The highest BCUT2D eigenvalue weighted by Gasteiger charge is 2.44. The fraction of sp³-hybridized carbons (Fsp3) is 0.500. The van der Waals surface area contributed by atoms with E-state index < -0.39 is 29.3 Å². The number of fused-ring (bicyclic) bond motifs is 1. The molecular formula is C28H36F3N3O4. The molecule has 0 spiro atoms. The number of carbonyl (C=O) groups is 2. The highest BCUT2D eigenvalue weighted by Crippen LogP contribution is 2.47. The number of rotatable bonds is 9. The van der Waals surface area contributed by atoms with Crippen LogP contribution in [0.5, 0.6) is 5.75 Å². The number of alkyl halides is 3. The number of alkyl carbamates (subject to hydrolysis) is 1. The molecule has 0 aromatic heterocycles. The number of carbonyl (C=O) groups excluding carboxylic acids is 2. The largest absolute Gasteiger partial charge is 0.476 e. The second-order valence-electron chi connectivity index (χ2n) is 10.2. The van der Waals surface area contributed by atoms with Crippen LogP contribution in [-0.4, -0.2) is 42.8 Å². The van der Waals surface area contributed by atoms with Gasteiger partial charge >= 0.3 is 12.3 Å². The highest BCUT2D eigenvalue weighted by molar-refractivity contribution is 6.03. The number of anilines is 2. The van der Waals surface area contributed by atoms with E-state index in [1.165, 1.54) is 24.8 Å². The zero-order valence-electron chi connectivity index (χ0n) is 22.7. The topological polar surface area (TPSA) is 71.1 Å². The summed E-state index contributed by atoms with van der Waals surface area (Å²) in [6, 6.07) is 11.1. The molecule has 1 heterocycles. The molecule has 208 valence electrons. The molecule has 2 aromatic carbocycles. The van der Waals surface area contributed by atoms with Crippen LogP contribution in [0.4, 0.5) is 29.3 Å². The summed E-state index contributed by atoms with van der Waals surface area (Å²) < 4.78 is 53.7. The molecule has 0 aliphatic carbocycles. The summed E-state index contributed by atoms with van der Waals surface area (Å²) in [5, 5.41) is 2.61. The maximum absolute atomic E-state index is 14.2. The minimum Gasteiger partial charge on any atom is -0.476 e. The Hall–Kier alpha value is -3.43. The van der Waals surface area contributed by atoms with Crippen LogP contribution in [0.1, 0.15) is 59.1 Å². The number of nitrogens with one attached hydrogen (secondary N) is 1. The van der Waals surface area contributed by atoms with Crippen LogP contribution in [-0.2, 0) is 22.3 Å². The first-order chi connectivity index (χ1) is 17.8. The van der Waals surface area contributed by atoms with Gasteiger partial charge in [0, 0.05) is 25.2 Å². The monoisotopic (exact) mass is 535 g/mol. The van der Waals surface area contributed by atoms with Crippen molar-refractivity contribution in [1.29, 1.82) is 0 Å². The summed E-state index contributed by atoms with van der Waals surface area (Å²) in [6.07, 6.45) is -4.66. The molecule has 2 aromatic rings. The van der Waals surface area contributed by atoms with E-state index in [2.05, 4.69) is 5.32 Å². The zero-order chi connectivity index (χ0) is 28.3. The molecule has 3 rings (SSSR count). The lowest BCUT2D eigenvalue weighted by atomic mass is 9.99. The standard InChI is InChI=1S/C28H36F3N3O4/c1-7-19(4)34(18(2)3)22-16-23-24(15-21(22)28(29,30)31)38-27(5,6)25(35)33(23)14-13-32-26(36)37-17-20-11-9-8-10-12-20/h8-12,15-16,18-19H,7,13-14,17H2,1-6H3,(H,32,36)/t19-/m1/s1. The Labute approximate surface area is 221 Å². The number of halogens is 3. The molecule has 1 atom stereocenters. The predicted octanol–water partition coefficient (Wildman–Crippen LogP) is 6.15. The van der Waals surface area contributed by atoms with E-state index in [9.17, 15) is 22.8 Å². The van der Waals surface area contributed by atoms with E-state index in [1.807, 2.05) is 58.0 Å². The molecule has 1 N–H and O–H groups in total. The first-order valence-corrected chi connectivity index (χ1v) is 12.7. The zero-order valence-corrected chi connectivity index (χ0v) is 22.7. The number of benzene rings is 2. The van der Waals surface area contributed by atoms with Crippen molar-refractivity contribution in [3.05, 3.63) is 53.6 Å². The minimum atomic E-state index is -4.63. The quantitative estimate of drug-likeness (QED) is 0.417. The molecule has 0 saturated heterocycles. The summed E-state index contributed by atoms with van der Waals surface area (Å²) >= 11 is 0. The van der Waals surface area contributed by atoms with E-state index in [0.717, 1.165) is 11.6 Å². The fourth-order valence-corrected chi connectivity index (χ4v) is 4.53. The molecule has 0 unspecified atom stereocenters. The Morgan fingerprint density at radius 1 is 1.16 bits per heavy atom. The maximum Gasteiger partial charge on any atom is 0.418 e. The average molecular weight is 536 g/mol. The second kappa shape index (κ2) is 11.5. The number of hydrogen-bond acceptors (Lipinski definition) is 5. The van der Waals surface area contributed by atoms with Gasteiger partial charge in [-0.2, -0.15) is 13.2 Å².